The Bertz CT molecular complexity index is 999. The van der Waals surface area contributed by atoms with Crippen molar-refractivity contribution in [1.29, 1.82) is 0 Å². The number of hydrogen-bond acceptors (Lipinski definition) is 4. The highest BCUT2D eigenvalue weighted by atomic mass is 32.2. The molecule has 1 N–H and O–H groups in total. The number of nitrogens with one attached hydrogen (secondary N) is 1. The Balaban J connectivity index is 0.000000214. The molecule has 8 heteroatoms. The molecule has 0 spiro atoms. The molecule has 4 nitrogen and oxygen atoms in total. The highest BCUT2D eigenvalue weighted by Crippen LogP contribution is 2.29. The van der Waals surface area contributed by atoms with Gasteiger partial charge in [0.1, 0.15) is 10.6 Å². The first-order valence-electron chi connectivity index (χ1n) is 9.52. The monoisotopic (exact) mass is 441 g/mol. The lowest BCUT2D eigenvalue weighted by Gasteiger charge is -2.12. The van der Waals surface area contributed by atoms with E-state index < -0.39 is 26.8 Å². The van der Waals surface area contributed by atoms with Crippen molar-refractivity contribution >= 4 is 15.9 Å². The molecule has 0 atom stereocenters. The number of aryl methyl sites for hydroxylation is 2. The minimum Gasteiger partial charge on any atom is -0.404 e. The number of para-hydroxylation sites is 1. The van der Waals surface area contributed by atoms with Crippen LogP contribution in [0, 0.1) is 6.92 Å². The summed E-state index contributed by atoms with van der Waals surface area (Å²) in [6.07, 6.45) is 2.75. The molecule has 0 unspecified atom stereocenters. The number of allylic oxidation sites excluding steroid dienone is 1. The molecule has 164 valence electrons. The van der Waals surface area contributed by atoms with E-state index in [1.54, 1.807) is 0 Å². The van der Waals surface area contributed by atoms with Crippen molar-refractivity contribution in [2.45, 2.75) is 44.5 Å². The Labute approximate surface area is 175 Å². The second-order valence-electron chi connectivity index (χ2n) is 6.98. The molecule has 0 amide bonds. The highest BCUT2D eigenvalue weighted by molar-refractivity contribution is 7.90. The maximum atomic E-state index is 11.9. The second kappa shape index (κ2) is 10.1. The lowest BCUT2D eigenvalue weighted by Crippen LogP contribution is -2.18. The number of benzene rings is 2. The Kier molecular flexibility index (Phi) is 8.09. The van der Waals surface area contributed by atoms with Gasteiger partial charge in [-0.05, 0) is 67.6 Å². The van der Waals surface area contributed by atoms with Crippen molar-refractivity contribution in [3.05, 3.63) is 64.7 Å². The number of fused-ring (bicyclic) bond motifs is 1. The molecular weight excluding hydrogens is 415 g/mol. The first kappa shape index (κ1) is 24.0. The van der Waals surface area contributed by atoms with Crippen LogP contribution in [0.5, 0.6) is 5.75 Å². The van der Waals surface area contributed by atoms with Gasteiger partial charge in [-0.15, -0.1) is 13.2 Å². The van der Waals surface area contributed by atoms with Crippen LogP contribution in [0.15, 0.2) is 47.4 Å². The van der Waals surface area contributed by atoms with E-state index >= 15 is 0 Å². The van der Waals surface area contributed by atoms with Gasteiger partial charge < -0.3 is 10.1 Å². The van der Waals surface area contributed by atoms with Gasteiger partial charge in [-0.25, -0.2) is 8.42 Å². The van der Waals surface area contributed by atoms with Crippen molar-refractivity contribution in [3.63, 3.8) is 0 Å². The fraction of sp³-hybridized carbons (Fsp3) is 0.364. The van der Waals surface area contributed by atoms with E-state index in [1.165, 1.54) is 47.2 Å². The van der Waals surface area contributed by atoms with Gasteiger partial charge in [0.25, 0.3) is 0 Å². The second-order valence-corrected chi connectivity index (χ2v) is 8.97. The maximum absolute atomic E-state index is 11.9. The summed E-state index contributed by atoms with van der Waals surface area (Å²) >= 11 is 0. The van der Waals surface area contributed by atoms with Crippen LogP contribution >= 0.6 is 0 Å². The number of rotatable bonds is 3. The minimum atomic E-state index is -4.90. The van der Waals surface area contributed by atoms with E-state index in [-0.39, 0.29) is 0 Å². The summed E-state index contributed by atoms with van der Waals surface area (Å²) in [7, 11) is -3.73. The summed E-state index contributed by atoms with van der Waals surface area (Å²) in [5.41, 5.74) is 5.84. The fourth-order valence-corrected chi connectivity index (χ4v) is 4.05. The van der Waals surface area contributed by atoms with Gasteiger partial charge in [0.2, 0.25) is 0 Å². The average Bonchev–Trinajstić information content (AvgIpc) is 2.89. The number of alkyl halides is 3. The van der Waals surface area contributed by atoms with Gasteiger partial charge in [0.15, 0.2) is 9.84 Å². The molecule has 0 radical (unpaired) electrons. The van der Waals surface area contributed by atoms with E-state index in [1.807, 2.05) is 0 Å². The molecule has 0 saturated carbocycles. The fourth-order valence-electron chi connectivity index (χ4n) is 3.25. The van der Waals surface area contributed by atoms with Gasteiger partial charge >= 0.3 is 6.36 Å². The van der Waals surface area contributed by atoms with E-state index in [2.05, 4.69) is 48.2 Å². The lowest BCUT2D eigenvalue weighted by molar-refractivity contribution is -0.275. The topological polar surface area (TPSA) is 55.4 Å². The normalized spacial score (nSPS) is 14.5. The number of hydrogen-bond donors (Lipinski definition) is 1. The molecule has 0 aliphatic carbocycles. The van der Waals surface area contributed by atoms with Crippen LogP contribution in [0.25, 0.3) is 6.08 Å². The molecule has 2 aromatic rings. The molecule has 0 bridgehead atoms. The number of ether oxygens (including phenoxy) is 1. The minimum absolute atomic E-state index is 0.484. The zero-order valence-electron chi connectivity index (χ0n) is 17.2. The largest absolute Gasteiger partial charge is 0.573 e. The number of halogens is 3. The van der Waals surface area contributed by atoms with E-state index in [4.69, 9.17) is 0 Å². The third-order valence-corrected chi connectivity index (χ3v) is 5.72. The number of sulfone groups is 1. The summed E-state index contributed by atoms with van der Waals surface area (Å²) in [5.74, 6) is -0.715. The molecule has 3 rings (SSSR count). The molecule has 1 aliphatic heterocycles. The summed E-state index contributed by atoms with van der Waals surface area (Å²) < 4.78 is 61.4. The van der Waals surface area contributed by atoms with Crippen LogP contribution in [0.1, 0.15) is 35.6 Å². The van der Waals surface area contributed by atoms with Crippen LogP contribution in [-0.2, 0) is 22.8 Å². The zero-order valence-corrected chi connectivity index (χ0v) is 18.0. The predicted molar refractivity (Wildman–Crippen MR) is 112 cm³/mol. The van der Waals surface area contributed by atoms with Gasteiger partial charge in [0, 0.05) is 12.8 Å². The summed E-state index contributed by atoms with van der Waals surface area (Å²) in [6, 6.07) is 9.12. The predicted octanol–water partition coefficient (Wildman–Crippen LogP) is 5.05. The average molecular weight is 442 g/mol. The molecule has 1 heterocycles. The summed E-state index contributed by atoms with van der Waals surface area (Å²) in [4.78, 5) is -0.484. The van der Waals surface area contributed by atoms with Crippen molar-refractivity contribution in [2.24, 2.45) is 0 Å². The third-order valence-electron chi connectivity index (χ3n) is 4.58. The maximum Gasteiger partial charge on any atom is 0.573 e. The smallest absolute Gasteiger partial charge is 0.404 e. The van der Waals surface area contributed by atoms with Crippen molar-refractivity contribution < 1.29 is 26.3 Å². The molecule has 0 fully saturated rings. The quantitative estimate of drug-likeness (QED) is 0.724. The molecule has 30 heavy (non-hydrogen) atoms. The third kappa shape index (κ3) is 6.88. The Morgan fingerprint density at radius 2 is 1.83 bits per heavy atom. The first-order valence-corrected chi connectivity index (χ1v) is 11.4. The van der Waals surface area contributed by atoms with Crippen LogP contribution in [0.3, 0.4) is 0 Å². The molecule has 0 saturated heterocycles. The highest BCUT2D eigenvalue weighted by Gasteiger charge is 2.33. The van der Waals surface area contributed by atoms with Gasteiger partial charge in [-0.2, -0.15) is 0 Å². The first-order chi connectivity index (χ1) is 14.0. The van der Waals surface area contributed by atoms with Crippen LogP contribution in [0.4, 0.5) is 13.2 Å². The molecule has 2 aromatic carbocycles. The standard InChI is InChI=1S/C14H19N.C8H7F3O3S/c1-3-5-13-11(2)7-8-12-6-4-9-15-10-14(12)13;1-15(12,13)7-5-3-2-4-6(7)14-8(9,10)11/h3,5,7-8,15H,4,6,9-10H2,1-2H3;2-5H,1H3/b5-3-;. The lowest BCUT2D eigenvalue weighted by atomic mass is 9.94. The van der Waals surface area contributed by atoms with Gasteiger partial charge in [0.05, 0.1) is 0 Å². The SMILES string of the molecule is C/C=C\c1c(C)ccc2c1CNCCC2.CS(=O)(=O)c1ccccc1OC(F)(F)F. The van der Waals surface area contributed by atoms with Gasteiger partial charge in [-0.3, -0.25) is 0 Å². The zero-order chi connectivity index (χ0) is 22.4. The van der Waals surface area contributed by atoms with Crippen molar-refractivity contribution in [3.8, 4) is 5.75 Å². The van der Waals surface area contributed by atoms with E-state index in [0.717, 1.165) is 31.5 Å². The van der Waals surface area contributed by atoms with Gasteiger partial charge in [-0.1, -0.05) is 36.4 Å². The Morgan fingerprint density at radius 1 is 1.13 bits per heavy atom. The van der Waals surface area contributed by atoms with E-state index in [0.29, 0.717) is 0 Å². The van der Waals surface area contributed by atoms with Crippen LogP contribution in [0.2, 0.25) is 0 Å². The molecular formula is C22H26F3NO3S. The van der Waals surface area contributed by atoms with Crippen molar-refractivity contribution in [1.82, 2.24) is 5.32 Å². The van der Waals surface area contributed by atoms with Crippen molar-refractivity contribution in [2.75, 3.05) is 12.8 Å². The molecule has 0 aromatic heterocycles. The summed E-state index contributed by atoms with van der Waals surface area (Å²) in [6.45, 7) is 6.45. The van der Waals surface area contributed by atoms with Crippen LogP contribution < -0.4 is 10.1 Å². The summed E-state index contributed by atoms with van der Waals surface area (Å²) in [5, 5.41) is 3.50. The molecule has 1 aliphatic rings. The Hall–Kier alpha value is -2.32. The Morgan fingerprint density at radius 3 is 2.47 bits per heavy atom. The van der Waals surface area contributed by atoms with E-state index in [9.17, 15) is 21.6 Å². The van der Waals surface area contributed by atoms with Crippen LogP contribution in [-0.4, -0.2) is 27.6 Å².